The number of rotatable bonds is 6. The molecule has 0 unspecified atom stereocenters. The summed E-state index contributed by atoms with van der Waals surface area (Å²) in [4.78, 5) is 6.35. The van der Waals surface area contributed by atoms with Crippen molar-refractivity contribution < 1.29 is 8.42 Å². The largest absolute Gasteiger partial charge is 0.299 e. The molecule has 0 spiro atoms. The van der Waals surface area contributed by atoms with E-state index in [9.17, 15) is 8.42 Å². The van der Waals surface area contributed by atoms with E-state index in [0.29, 0.717) is 18.7 Å². The molecule has 7 heteroatoms. The molecule has 2 rings (SSSR count). The molecule has 0 aliphatic carbocycles. The lowest BCUT2D eigenvalue weighted by atomic mass is 10.2. The second kappa shape index (κ2) is 6.80. The first-order valence-corrected chi connectivity index (χ1v) is 8.89. The average molecular weight is 321 g/mol. The molecular formula is C14H15N3O2S2. The highest BCUT2D eigenvalue weighted by Gasteiger charge is 2.15. The van der Waals surface area contributed by atoms with Crippen LogP contribution in [0.3, 0.4) is 0 Å². The monoisotopic (exact) mass is 321 g/mol. The molecule has 0 saturated carbocycles. The smallest absolute Gasteiger partial charge is 0.179 e. The third-order valence-electron chi connectivity index (χ3n) is 3.00. The molecule has 0 bridgehead atoms. The molecule has 1 heterocycles. The summed E-state index contributed by atoms with van der Waals surface area (Å²) in [6.07, 6.45) is 0. The van der Waals surface area contributed by atoms with E-state index in [1.165, 1.54) is 35.6 Å². The molecule has 2 aromatic rings. The number of hydrogen-bond donors (Lipinski definition) is 0. The van der Waals surface area contributed by atoms with Crippen LogP contribution in [0.5, 0.6) is 0 Å². The first-order valence-electron chi connectivity index (χ1n) is 6.30. The predicted octanol–water partition coefficient (Wildman–Crippen LogP) is 1.92. The highest BCUT2D eigenvalue weighted by Crippen LogP contribution is 2.13. The van der Waals surface area contributed by atoms with Crippen LogP contribution in [-0.4, -0.2) is 37.6 Å². The van der Waals surface area contributed by atoms with Gasteiger partial charge in [-0.2, -0.15) is 5.26 Å². The molecule has 0 N–H and O–H groups in total. The minimum atomic E-state index is -3.33. The fraction of sp³-hybridized carbons (Fsp3) is 0.286. The molecule has 0 atom stereocenters. The van der Waals surface area contributed by atoms with Crippen LogP contribution in [0.2, 0.25) is 0 Å². The van der Waals surface area contributed by atoms with Crippen molar-refractivity contribution in [3.8, 4) is 6.07 Å². The van der Waals surface area contributed by atoms with Crippen molar-refractivity contribution >= 4 is 21.2 Å². The lowest BCUT2D eigenvalue weighted by Crippen LogP contribution is -2.25. The summed E-state index contributed by atoms with van der Waals surface area (Å²) in [5.41, 5.74) is 3.16. The summed E-state index contributed by atoms with van der Waals surface area (Å²) in [5.74, 6) is 0.0412. The maximum atomic E-state index is 12.2. The Balaban J connectivity index is 1.95. The molecule has 5 nitrogen and oxygen atoms in total. The van der Waals surface area contributed by atoms with Gasteiger partial charge in [-0.1, -0.05) is 0 Å². The standard InChI is InChI=1S/C14H15N3O2S2/c1-17(9-13-10-20-11-16-13)6-7-21(18,19)14-4-2-12(8-15)3-5-14/h2-5,10-11H,6-7,9H2,1H3. The molecule has 0 amide bonds. The minimum absolute atomic E-state index is 0.0412. The van der Waals surface area contributed by atoms with E-state index >= 15 is 0 Å². The molecule has 21 heavy (non-hydrogen) atoms. The number of thiazole rings is 1. The highest BCUT2D eigenvalue weighted by atomic mass is 32.2. The van der Waals surface area contributed by atoms with Crippen LogP contribution in [0.1, 0.15) is 11.3 Å². The average Bonchev–Trinajstić information content (AvgIpc) is 2.98. The summed E-state index contributed by atoms with van der Waals surface area (Å²) >= 11 is 1.52. The second-order valence-electron chi connectivity index (χ2n) is 4.67. The molecule has 110 valence electrons. The lowest BCUT2D eigenvalue weighted by molar-refractivity contribution is 0.342. The third kappa shape index (κ3) is 4.36. The van der Waals surface area contributed by atoms with Crippen LogP contribution in [0.4, 0.5) is 0 Å². The maximum Gasteiger partial charge on any atom is 0.179 e. The van der Waals surface area contributed by atoms with Gasteiger partial charge < -0.3 is 0 Å². The molecule has 1 aromatic heterocycles. The first-order chi connectivity index (χ1) is 10.0. The van der Waals surface area contributed by atoms with Gasteiger partial charge in [0.05, 0.1) is 33.5 Å². The van der Waals surface area contributed by atoms with Crippen molar-refractivity contribution in [3.63, 3.8) is 0 Å². The van der Waals surface area contributed by atoms with Crippen LogP contribution < -0.4 is 0 Å². The van der Waals surface area contributed by atoms with Crippen molar-refractivity contribution in [2.24, 2.45) is 0 Å². The van der Waals surface area contributed by atoms with Crippen LogP contribution >= 0.6 is 11.3 Å². The highest BCUT2D eigenvalue weighted by molar-refractivity contribution is 7.91. The van der Waals surface area contributed by atoms with Crippen molar-refractivity contribution in [2.45, 2.75) is 11.4 Å². The van der Waals surface area contributed by atoms with Gasteiger partial charge in [-0.15, -0.1) is 11.3 Å². The van der Waals surface area contributed by atoms with Gasteiger partial charge in [-0.3, -0.25) is 4.90 Å². The molecule has 0 saturated heterocycles. The molecule has 0 radical (unpaired) electrons. The zero-order chi connectivity index (χ0) is 15.3. The summed E-state index contributed by atoms with van der Waals surface area (Å²) in [6, 6.07) is 7.97. The van der Waals surface area contributed by atoms with Gasteiger partial charge in [0.1, 0.15) is 0 Å². The van der Waals surface area contributed by atoms with E-state index < -0.39 is 9.84 Å². The van der Waals surface area contributed by atoms with Gasteiger partial charge in [0.15, 0.2) is 9.84 Å². The number of sulfone groups is 1. The minimum Gasteiger partial charge on any atom is -0.299 e. The van der Waals surface area contributed by atoms with E-state index in [1.54, 1.807) is 5.51 Å². The Hall–Kier alpha value is -1.75. The number of aromatic nitrogens is 1. The summed E-state index contributed by atoms with van der Waals surface area (Å²) in [7, 11) is -1.46. The summed E-state index contributed by atoms with van der Waals surface area (Å²) < 4.78 is 24.4. The fourth-order valence-corrected chi connectivity index (χ4v) is 3.69. The van der Waals surface area contributed by atoms with Gasteiger partial charge in [0.2, 0.25) is 0 Å². The fourth-order valence-electron chi connectivity index (χ4n) is 1.80. The molecule has 0 aliphatic rings. The van der Waals surface area contributed by atoms with Crippen molar-refractivity contribution in [2.75, 3.05) is 19.3 Å². The van der Waals surface area contributed by atoms with Gasteiger partial charge in [0.25, 0.3) is 0 Å². The number of nitrogens with zero attached hydrogens (tertiary/aromatic N) is 3. The van der Waals surface area contributed by atoms with E-state index in [2.05, 4.69) is 4.98 Å². The van der Waals surface area contributed by atoms with Gasteiger partial charge in [-0.25, -0.2) is 13.4 Å². The molecule has 1 aromatic carbocycles. The quantitative estimate of drug-likeness (QED) is 0.812. The van der Waals surface area contributed by atoms with Crippen LogP contribution in [0, 0.1) is 11.3 Å². The van der Waals surface area contributed by atoms with Gasteiger partial charge in [0, 0.05) is 18.5 Å². The number of nitriles is 1. The van der Waals surface area contributed by atoms with Gasteiger partial charge in [-0.05, 0) is 31.3 Å². The number of benzene rings is 1. The Morgan fingerprint density at radius 3 is 2.62 bits per heavy atom. The SMILES string of the molecule is CN(CCS(=O)(=O)c1ccc(C#N)cc1)Cc1cscn1. The first kappa shape index (κ1) is 15.6. The predicted molar refractivity (Wildman–Crippen MR) is 81.7 cm³/mol. The Kier molecular flexibility index (Phi) is 5.07. The Morgan fingerprint density at radius 2 is 2.05 bits per heavy atom. The lowest BCUT2D eigenvalue weighted by Gasteiger charge is -2.15. The molecular weight excluding hydrogens is 306 g/mol. The van der Waals surface area contributed by atoms with E-state index in [0.717, 1.165) is 5.69 Å². The second-order valence-corrected chi connectivity index (χ2v) is 7.50. The topological polar surface area (TPSA) is 74.1 Å². The van der Waals surface area contributed by atoms with Gasteiger partial charge >= 0.3 is 0 Å². The van der Waals surface area contributed by atoms with E-state index in [1.807, 2.05) is 23.4 Å². The normalized spacial score (nSPS) is 11.5. The Bertz CT molecular complexity index is 717. The van der Waals surface area contributed by atoms with Crippen molar-refractivity contribution in [1.29, 1.82) is 5.26 Å². The molecule has 0 fully saturated rings. The van der Waals surface area contributed by atoms with Crippen molar-refractivity contribution in [1.82, 2.24) is 9.88 Å². The van der Waals surface area contributed by atoms with Crippen molar-refractivity contribution in [3.05, 3.63) is 46.4 Å². The zero-order valence-corrected chi connectivity index (χ0v) is 13.2. The summed E-state index contributed by atoms with van der Waals surface area (Å²) in [6.45, 7) is 1.06. The van der Waals surface area contributed by atoms with Crippen LogP contribution in [0.25, 0.3) is 0 Å². The zero-order valence-electron chi connectivity index (χ0n) is 11.6. The van der Waals surface area contributed by atoms with E-state index in [4.69, 9.17) is 5.26 Å². The Morgan fingerprint density at radius 1 is 1.33 bits per heavy atom. The molecule has 0 aliphatic heterocycles. The third-order valence-corrected chi connectivity index (χ3v) is 5.35. The number of hydrogen-bond acceptors (Lipinski definition) is 6. The van der Waals surface area contributed by atoms with Crippen LogP contribution in [-0.2, 0) is 16.4 Å². The van der Waals surface area contributed by atoms with Crippen LogP contribution in [0.15, 0.2) is 40.1 Å². The maximum absolute atomic E-state index is 12.2. The summed E-state index contributed by atoms with van der Waals surface area (Å²) in [5, 5.41) is 10.7. The van der Waals surface area contributed by atoms with E-state index in [-0.39, 0.29) is 10.6 Å². The Labute approximate surface area is 128 Å².